The predicted octanol–water partition coefficient (Wildman–Crippen LogP) is 1.70. The third-order valence-electron chi connectivity index (χ3n) is 2.82. The Morgan fingerprint density at radius 2 is 2.35 bits per heavy atom. The summed E-state index contributed by atoms with van der Waals surface area (Å²) in [5.41, 5.74) is 5.68. The van der Waals surface area contributed by atoms with E-state index in [-0.39, 0.29) is 11.4 Å². The van der Waals surface area contributed by atoms with Gasteiger partial charge < -0.3 is 10.5 Å². The van der Waals surface area contributed by atoms with E-state index in [0.29, 0.717) is 11.6 Å². The van der Waals surface area contributed by atoms with Crippen molar-refractivity contribution in [3.05, 3.63) is 5.01 Å². The Labute approximate surface area is 108 Å². The molecule has 1 aromatic rings. The van der Waals surface area contributed by atoms with E-state index in [1.54, 1.807) is 11.8 Å². The normalized spacial score (nSPS) is 16.8. The van der Waals surface area contributed by atoms with Crippen LogP contribution in [-0.4, -0.2) is 29.0 Å². The number of ether oxygens (including phenoxy) is 1. The molecule has 0 unspecified atom stereocenters. The summed E-state index contributed by atoms with van der Waals surface area (Å²) >= 11 is 3.21. The number of hydrogen-bond donors (Lipinski definition) is 1. The molecule has 1 aliphatic rings. The maximum absolute atomic E-state index is 11.2. The minimum absolute atomic E-state index is 0.108. The Bertz CT molecular complexity index is 404. The lowest BCUT2D eigenvalue weighted by molar-refractivity contribution is -0.141. The number of anilines is 1. The average Bonchev–Trinajstić information content (AvgIpc) is 2.93. The van der Waals surface area contributed by atoms with Crippen LogP contribution in [0.5, 0.6) is 0 Å². The molecule has 2 rings (SSSR count). The van der Waals surface area contributed by atoms with Gasteiger partial charge in [0.25, 0.3) is 0 Å². The second kappa shape index (κ2) is 5.22. The molecule has 0 saturated heterocycles. The molecule has 0 spiro atoms. The van der Waals surface area contributed by atoms with Gasteiger partial charge in [-0.3, -0.25) is 4.79 Å². The molecule has 1 heterocycles. The standard InChI is InChI=1S/C10H15N3O2S2/c1-15-8(14)4-10(2-3-10)6-16-5-7-12-13-9(11)17-7/h2-6H2,1H3,(H2,11,13). The lowest BCUT2D eigenvalue weighted by atomic mass is 10.1. The molecule has 0 aromatic carbocycles. The number of nitrogens with zero attached hydrogens (tertiary/aromatic N) is 2. The Hall–Kier alpha value is -0.820. The number of nitrogen functional groups attached to an aromatic ring is 1. The lowest BCUT2D eigenvalue weighted by Gasteiger charge is -2.12. The van der Waals surface area contributed by atoms with Gasteiger partial charge in [-0.25, -0.2) is 0 Å². The molecule has 94 valence electrons. The van der Waals surface area contributed by atoms with Crippen molar-refractivity contribution in [1.29, 1.82) is 0 Å². The highest BCUT2D eigenvalue weighted by Crippen LogP contribution is 2.51. The molecule has 0 atom stereocenters. The van der Waals surface area contributed by atoms with Gasteiger partial charge in [-0.2, -0.15) is 11.8 Å². The molecule has 7 heteroatoms. The number of nitrogens with two attached hydrogens (primary N) is 1. The summed E-state index contributed by atoms with van der Waals surface area (Å²) in [4.78, 5) is 11.2. The summed E-state index contributed by atoms with van der Waals surface area (Å²) in [6, 6.07) is 0. The number of methoxy groups -OCH3 is 1. The van der Waals surface area contributed by atoms with Crippen LogP contribution in [0.3, 0.4) is 0 Å². The fourth-order valence-corrected chi connectivity index (χ4v) is 3.66. The molecular formula is C10H15N3O2S2. The van der Waals surface area contributed by atoms with E-state index in [2.05, 4.69) is 10.2 Å². The number of esters is 1. The summed E-state index contributed by atoms with van der Waals surface area (Å²) in [5, 5.41) is 9.19. The quantitative estimate of drug-likeness (QED) is 0.795. The van der Waals surface area contributed by atoms with Crippen LogP contribution < -0.4 is 5.73 Å². The molecule has 2 N–H and O–H groups in total. The van der Waals surface area contributed by atoms with Crippen LogP contribution in [0.2, 0.25) is 0 Å². The van der Waals surface area contributed by atoms with Crippen LogP contribution in [0.1, 0.15) is 24.3 Å². The van der Waals surface area contributed by atoms with Crippen molar-refractivity contribution < 1.29 is 9.53 Å². The van der Waals surface area contributed by atoms with Gasteiger partial charge in [0, 0.05) is 5.75 Å². The van der Waals surface area contributed by atoms with Crippen LogP contribution in [0.15, 0.2) is 0 Å². The smallest absolute Gasteiger partial charge is 0.306 e. The Balaban J connectivity index is 1.73. The van der Waals surface area contributed by atoms with Crippen molar-refractivity contribution >= 4 is 34.2 Å². The summed E-state index contributed by atoms with van der Waals surface area (Å²) in [7, 11) is 1.44. The van der Waals surface area contributed by atoms with E-state index in [1.807, 2.05) is 0 Å². The zero-order valence-electron chi connectivity index (χ0n) is 9.64. The van der Waals surface area contributed by atoms with Crippen molar-refractivity contribution in [1.82, 2.24) is 10.2 Å². The molecule has 1 saturated carbocycles. The largest absolute Gasteiger partial charge is 0.469 e. The third kappa shape index (κ3) is 3.57. The maximum atomic E-state index is 11.2. The number of thioether (sulfide) groups is 1. The van der Waals surface area contributed by atoms with Gasteiger partial charge in [-0.15, -0.1) is 10.2 Å². The van der Waals surface area contributed by atoms with Gasteiger partial charge in [0.1, 0.15) is 5.01 Å². The second-order valence-electron chi connectivity index (χ2n) is 4.28. The monoisotopic (exact) mass is 273 g/mol. The minimum atomic E-state index is -0.108. The first-order valence-electron chi connectivity index (χ1n) is 5.36. The topological polar surface area (TPSA) is 78.1 Å². The fourth-order valence-electron chi connectivity index (χ4n) is 1.61. The highest BCUT2D eigenvalue weighted by Gasteiger charge is 2.44. The van der Waals surface area contributed by atoms with Crippen molar-refractivity contribution in [3.63, 3.8) is 0 Å². The van der Waals surface area contributed by atoms with Crippen LogP contribution in [-0.2, 0) is 15.3 Å². The molecule has 17 heavy (non-hydrogen) atoms. The van der Waals surface area contributed by atoms with E-state index in [0.717, 1.165) is 29.4 Å². The van der Waals surface area contributed by atoms with E-state index >= 15 is 0 Å². The zero-order chi connectivity index (χ0) is 12.3. The molecule has 5 nitrogen and oxygen atoms in total. The number of carbonyl (C=O) groups excluding carboxylic acids is 1. The maximum Gasteiger partial charge on any atom is 0.306 e. The van der Waals surface area contributed by atoms with Crippen LogP contribution in [0.25, 0.3) is 0 Å². The van der Waals surface area contributed by atoms with Gasteiger partial charge >= 0.3 is 5.97 Å². The van der Waals surface area contributed by atoms with Crippen molar-refractivity contribution in [2.24, 2.45) is 5.41 Å². The van der Waals surface area contributed by atoms with Gasteiger partial charge in [0.05, 0.1) is 13.5 Å². The van der Waals surface area contributed by atoms with E-state index in [1.165, 1.54) is 18.4 Å². The van der Waals surface area contributed by atoms with E-state index in [4.69, 9.17) is 10.5 Å². The summed E-state index contributed by atoms with van der Waals surface area (Å²) < 4.78 is 4.71. The van der Waals surface area contributed by atoms with E-state index < -0.39 is 0 Å². The number of rotatable bonds is 6. The van der Waals surface area contributed by atoms with E-state index in [9.17, 15) is 4.79 Å². The van der Waals surface area contributed by atoms with Gasteiger partial charge in [0.2, 0.25) is 5.13 Å². The third-order valence-corrected chi connectivity index (χ3v) is 5.05. The van der Waals surface area contributed by atoms with Gasteiger partial charge in [0.15, 0.2) is 0 Å². The minimum Gasteiger partial charge on any atom is -0.469 e. The van der Waals surface area contributed by atoms with Crippen molar-refractivity contribution in [2.45, 2.75) is 25.0 Å². The van der Waals surface area contributed by atoms with Gasteiger partial charge in [-0.05, 0) is 24.0 Å². The number of aromatic nitrogens is 2. The first kappa shape index (κ1) is 12.6. The summed E-state index contributed by atoms with van der Waals surface area (Å²) in [6.45, 7) is 0. The highest BCUT2D eigenvalue weighted by molar-refractivity contribution is 7.98. The highest BCUT2D eigenvalue weighted by atomic mass is 32.2. The molecule has 1 aliphatic carbocycles. The SMILES string of the molecule is COC(=O)CC1(CSCc2nnc(N)s2)CC1. The first-order valence-corrected chi connectivity index (χ1v) is 7.33. The number of carbonyl (C=O) groups is 1. The predicted molar refractivity (Wildman–Crippen MR) is 68.8 cm³/mol. The Morgan fingerprint density at radius 3 is 2.88 bits per heavy atom. The summed E-state index contributed by atoms with van der Waals surface area (Å²) in [5.74, 6) is 1.68. The van der Waals surface area contributed by atoms with Crippen LogP contribution in [0.4, 0.5) is 5.13 Å². The van der Waals surface area contributed by atoms with Crippen LogP contribution in [0, 0.1) is 5.41 Å². The second-order valence-corrected chi connectivity index (χ2v) is 6.36. The molecular weight excluding hydrogens is 258 g/mol. The van der Waals surface area contributed by atoms with Crippen LogP contribution >= 0.6 is 23.1 Å². The van der Waals surface area contributed by atoms with Crippen molar-refractivity contribution in [2.75, 3.05) is 18.6 Å². The lowest BCUT2D eigenvalue weighted by Crippen LogP contribution is -2.13. The van der Waals surface area contributed by atoms with Crippen molar-refractivity contribution in [3.8, 4) is 0 Å². The molecule has 0 bridgehead atoms. The first-order chi connectivity index (χ1) is 8.13. The Morgan fingerprint density at radius 1 is 1.59 bits per heavy atom. The molecule has 0 amide bonds. The summed E-state index contributed by atoms with van der Waals surface area (Å²) in [6.07, 6.45) is 2.77. The Kier molecular flexibility index (Phi) is 3.88. The number of hydrogen-bond acceptors (Lipinski definition) is 7. The molecule has 1 fully saturated rings. The molecule has 0 radical (unpaired) electrons. The average molecular weight is 273 g/mol. The molecule has 1 aromatic heterocycles. The fraction of sp³-hybridized carbons (Fsp3) is 0.700. The molecule has 0 aliphatic heterocycles. The zero-order valence-corrected chi connectivity index (χ0v) is 11.3. The van der Waals surface area contributed by atoms with Gasteiger partial charge in [-0.1, -0.05) is 11.3 Å².